The lowest BCUT2D eigenvalue weighted by molar-refractivity contribution is 0.483. The van der Waals surface area contributed by atoms with Crippen LogP contribution in [0.5, 0.6) is 0 Å². The number of fused-ring (bicyclic) bond motifs is 8. The van der Waals surface area contributed by atoms with Gasteiger partial charge in [0.05, 0.1) is 33.8 Å². The van der Waals surface area contributed by atoms with E-state index in [0.717, 1.165) is 81.4 Å². The SMILES string of the molecule is CCCCCCCCCCCCc1c(S(=O)(=O)O)c2[nH]c1c(-c1ccccc1)c1nc(c(-c3ccccc3)c3ccc([nH]3)c(-c3ccccc3)c3nc(c2-c2ccccc2)C=C3)C=C1. The molecule has 4 aromatic carbocycles. The molecule has 2 aliphatic rings. The molecule has 322 valence electrons. The van der Waals surface area contributed by atoms with Crippen LogP contribution in [-0.2, 0) is 16.5 Å². The number of aromatic amines is 2. The molecular weight excluding hydrogens is 809 g/mol. The average molecular weight is 863 g/mol. The summed E-state index contributed by atoms with van der Waals surface area (Å²) in [6, 6.07) is 44.4. The number of unbranched alkanes of at least 4 members (excludes halogenated alkanes) is 9. The minimum absolute atomic E-state index is 0.122. The molecule has 3 aromatic heterocycles. The molecule has 0 fully saturated rings. The summed E-state index contributed by atoms with van der Waals surface area (Å²) < 4.78 is 39.9. The molecule has 0 saturated heterocycles. The topological polar surface area (TPSA) is 112 Å². The van der Waals surface area contributed by atoms with Crippen molar-refractivity contribution in [1.82, 2.24) is 19.9 Å². The van der Waals surface area contributed by atoms with Gasteiger partial charge in [0.15, 0.2) is 0 Å². The van der Waals surface area contributed by atoms with Gasteiger partial charge >= 0.3 is 0 Å². The van der Waals surface area contributed by atoms with E-state index in [2.05, 4.69) is 53.3 Å². The van der Waals surface area contributed by atoms with E-state index in [1.807, 2.05) is 121 Å². The highest BCUT2D eigenvalue weighted by atomic mass is 32.2. The Balaban J connectivity index is 1.39. The molecule has 0 spiro atoms. The molecule has 8 heteroatoms. The van der Waals surface area contributed by atoms with E-state index in [4.69, 9.17) is 9.97 Å². The number of H-pyrrole nitrogens is 2. The lowest BCUT2D eigenvalue weighted by Crippen LogP contribution is -2.03. The Hall–Kier alpha value is -6.61. The second-order valence-electron chi connectivity index (χ2n) is 16.8. The Morgan fingerprint density at radius 3 is 1.20 bits per heavy atom. The second-order valence-corrected chi connectivity index (χ2v) is 18.1. The Labute approximate surface area is 376 Å². The number of hydrogen-bond acceptors (Lipinski definition) is 4. The Morgan fingerprint density at radius 2 is 0.797 bits per heavy atom. The van der Waals surface area contributed by atoms with Gasteiger partial charge in [-0.2, -0.15) is 8.42 Å². The van der Waals surface area contributed by atoms with Crippen LogP contribution in [0.15, 0.2) is 138 Å². The van der Waals surface area contributed by atoms with Gasteiger partial charge in [0.1, 0.15) is 4.90 Å². The minimum Gasteiger partial charge on any atom is -0.354 e. The van der Waals surface area contributed by atoms with Crippen LogP contribution in [0.3, 0.4) is 0 Å². The van der Waals surface area contributed by atoms with Crippen molar-refractivity contribution in [3.63, 3.8) is 0 Å². The van der Waals surface area contributed by atoms with Crippen LogP contribution in [0.1, 0.15) is 99.5 Å². The highest BCUT2D eigenvalue weighted by molar-refractivity contribution is 7.86. The van der Waals surface area contributed by atoms with Gasteiger partial charge in [-0.3, -0.25) is 4.55 Å². The maximum absolute atomic E-state index is 14.2. The first-order chi connectivity index (χ1) is 31.4. The molecule has 8 bridgehead atoms. The number of nitrogens with zero attached hydrogens (tertiary/aromatic N) is 2. The fraction of sp³-hybridized carbons (Fsp3) is 0.214. The maximum Gasteiger partial charge on any atom is 0.296 e. The van der Waals surface area contributed by atoms with Crippen LogP contribution >= 0.6 is 0 Å². The lowest BCUT2D eigenvalue weighted by atomic mass is 9.98. The van der Waals surface area contributed by atoms with Gasteiger partial charge in [0.2, 0.25) is 0 Å². The van der Waals surface area contributed by atoms with E-state index in [1.54, 1.807) is 0 Å². The zero-order valence-corrected chi connectivity index (χ0v) is 37.2. The van der Waals surface area contributed by atoms with E-state index in [1.165, 1.54) is 38.5 Å². The molecular formula is C56H54N4O3S. The van der Waals surface area contributed by atoms with Crippen LogP contribution in [0.2, 0.25) is 0 Å². The Morgan fingerprint density at radius 1 is 0.438 bits per heavy atom. The molecule has 7 nitrogen and oxygen atoms in total. The molecule has 9 rings (SSSR count). The van der Waals surface area contributed by atoms with Gasteiger partial charge in [-0.25, -0.2) is 9.97 Å². The van der Waals surface area contributed by atoms with Gasteiger partial charge in [-0.1, -0.05) is 186 Å². The van der Waals surface area contributed by atoms with Gasteiger partial charge in [-0.05, 0) is 77.1 Å². The summed E-state index contributed by atoms with van der Waals surface area (Å²) in [5.74, 6) is 0. The molecule has 7 aromatic rings. The third-order valence-corrected chi connectivity index (χ3v) is 13.3. The number of hydrogen-bond donors (Lipinski definition) is 3. The quantitative estimate of drug-likeness (QED) is 0.0662. The molecule has 0 unspecified atom stereocenters. The summed E-state index contributed by atoms with van der Waals surface area (Å²) in [5, 5.41) is 0. The van der Waals surface area contributed by atoms with E-state index in [0.29, 0.717) is 45.7 Å². The molecule has 0 saturated carbocycles. The van der Waals surface area contributed by atoms with Crippen LogP contribution in [0.25, 0.3) is 90.9 Å². The maximum atomic E-state index is 14.2. The zero-order chi connectivity index (χ0) is 43.9. The van der Waals surface area contributed by atoms with Crippen LogP contribution in [0.4, 0.5) is 0 Å². The molecule has 2 aliphatic heterocycles. The van der Waals surface area contributed by atoms with Crippen molar-refractivity contribution >= 4 is 56.5 Å². The van der Waals surface area contributed by atoms with Crippen molar-refractivity contribution in [1.29, 1.82) is 0 Å². The predicted molar refractivity (Wildman–Crippen MR) is 266 cm³/mol. The first-order valence-electron chi connectivity index (χ1n) is 22.8. The number of aromatic nitrogens is 4. The summed E-state index contributed by atoms with van der Waals surface area (Å²) in [7, 11) is -4.81. The van der Waals surface area contributed by atoms with Gasteiger partial charge in [0, 0.05) is 33.3 Å². The standard InChI is InChI=1S/C56H54N4O3S/c1-2-3-4-5-6-7-8-9-10-23-32-43-54-52(41-28-19-13-20-29-41)48-37-35-46(58-48)50(39-24-15-11-16-25-39)44-33-34-45(57-44)51(40-26-17-12-18-27-40)47-36-38-49(59-47)53(42-30-21-14-22-31-42)55(60-54)56(43)64(61,62)63/h11-22,24-31,33-38,57,60H,2-10,23,32H2,1H3,(H,61,62,63). The van der Waals surface area contributed by atoms with Crippen LogP contribution in [-0.4, -0.2) is 32.9 Å². The Kier molecular flexibility index (Phi) is 12.9. The largest absolute Gasteiger partial charge is 0.354 e. The normalized spacial score (nSPS) is 12.3. The smallest absolute Gasteiger partial charge is 0.296 e. The summed E-state index contributed by atoms with van der Waals surface area (Å²) >= 11 is 0. The van der Waals surface area contributed by atoms with E-state index in [-0.39, 0.29) is 4.90 Å². The number of nitrogens with one attached hydrogen (secondary N) is 2. The third-order valence-electron chi connectivity index (χ3n) is 12.4. The minimum atomic E-state index is -4.81. The molecule has 64 heavy (non-hydrogen) atoms. The lowest BCUT2D eigenvalue weighted by Gasteiger charge is -2.09. The number of benzene rings is 4. The second kappa shape index (κ2) is 19.4. The van der Waals surface area contributed by atoms with Crippen molar-refractivity contribution < 1.29 is 13.0 Å². The Bertz CT molecular complexity index is 3100. The average Bonchev–Trinajstić information content (AvgIpc) is 4.15. The van der Waals surface area contributed by atoms with Crippen molar-refractivity contribution in [3.8, 4) is 44.5 Å². The van der Waals surface area contributed by atoms with Crippen molar-refractivity contribution in [2.24, 2.45) is 0 Å². The first kappa shape index (κ1) is 42.7. The molecule has 0 aliphatic carbocycles. The van der Waals surface area contributed by atoms with E-state index in [9.17, 15) is 13.0 Å². The van der Waals surface area contributed by atoms with Crippen LogP contribution in [0, 0.1) is 0 Å². The van der Waals surface area contributed by atoms with Gasteiger partial charge in [0.25, 0.3) is 10.1 Å². The summed E-state index contributed by atoms with van der Waals surface area (Å²) in [6.07, 6.45) is 19.9. The van der Waals surface area contributed by atoms with E-state index >= 15 is 0 Å². The highest BCUT2D eigenvalue weighted by Crippen LogP contribution is 2.42. The fourth-order valence-corrected chi connectivity index (χ4v) is 10.3. The summed E-state index contributed by atoms with van der Waals surface area (Å²) in [6.45, 7) is 2.24. The third kappa shape index (κ3) is 9.07. The monoisotopic (exact) mass is 862 g/mol. The fourth-order valence-electron chi connectivity index (χ4n) is 9.33. The van der Waals surface area contributed by atoms with Crippen molar-refractivity contribution in [2.75, 3.05) is 0 Å². The van der Waals surface area contributed by atoms with Crippen molar-refractivity contribution in [2.45, 2.75) is 82.4 Å². The molecule has 0 atom stereocenters. The molecule has 0 radical (unpaired) electrons. The molecule has 3 N–H and O–H groups in total. The first-order valence-corrected chi connectivity index (χ1v) is 24.2. The summed E-state index contributed by atoms with van der Waals surface area (Å²) in [5.41, 5.74) is 12.7. The van der Waals surface area contributed by atoms with Crippen molar-refractivity contribution in [3.05, 3.63) is 162 Å². The van der Waals surface area contributed by atoms with Crippen LogP contribution < -0.4 is 0 Å². The highest BCUT2D eigenvalue weighted by Gasteiger charge is 2.29. The number of aryl methyl sites for hydroxylation is 1. The molecule has 0 amide bonds. The zero-order valence-electron chi connectivity index (χ0n) is 36.4. The summed E-state index contributed by atoms with van der Waals surface area (Å²) in [4.78, 5) is 18.1. The molecule has 5 heterocycles. The number of rotatable bonds is 16. The van der Waals surface area contributed by atoms with Gasteiger partial charge in [-0.15, -0.1) is 0 Å². The van der Waals surface area contributed by atoms with E-state index < -0.39 is 10.1 Å². The predicted octanol–water partition coefficient (Wildman–Crippen LogP) is 15.0. The van der Waals surface area contributed by atoms with Gasteiger partial charge < -0.3 is 9.97 Å².